The molecule has 0 spiro atoms. The van der Waals surface area contributed by atoms with Gasteiger partial charge in [-0.2, -0.15) is 0 Å². The predicted molar refractivity (Wildman–Crippen MR) is 90.0 cm³/mol. The van der Waals surface area contributed by atoms with E-state index in [-0.39, 0.29) is 16.9 Å². The summed E-state index contributed by atoms with van der Waals surface area (Å²) in [4.78, 5) is 4.41. The zero-order chi connectivity index (χ0) is 18.4. The standard InChI is InChI=1S/C17H16F2N2O3S/c1-17(2)21-16(11-3-5-12(18)6-4-11)15-13(19)7-10(8-14(15)24-17)9-25(20,22)23/h3-8H,9H2,1-2H3,(H2,20,22,23). The first-order chi connectivity index (χ1) is 11.5. The van der Waals surface area contributed by atoms with Crippen molar-refractivity contribution < 1.29 is 21.9 Å². The lowest BCUT2D eigenvalue weighted by molar-refractivity contribution is 0.114. The van der Waals surface area contributed by atoms with E-state index in [0.717, 1.165) is 6.07 Å². The molecule has 1 heterocycles. The molecule has 0 aromatic heterocycles. The van der Waals surface area contributed by atoms with Gasteiger partial charge in [-0.05, 0) is 55.8 Å². The second kappa shape index (κ2) is 5.89. The first-order valence-electron chi connectivity index (χ1n) is 7.42. The van der Waals surface area contributed by atoms with Crippen molar-refractivity contribution in [1.82, 2.24) is 0 Å². The van der Waals surface area contributed by atoms with Crippen molar-refractivity contribution in [2.75, 3.05) is 0 Å². The minimum Gasteiger partial charge on any atom is -0.466 e. The highest BCUT2D eigenvalue weighted by Crippen LogP contribution is 2.35. The van der Waals surface area contributed by atoms with Gasteiger partial charge in [0.15, 0.2) is 5.72 Å². The fourth-order valence-electron chi connectivity index (χ4n) is 2.69. The summed E-state index contributed by atoms with van der Waals surface area (Å²) in [5.74, 6) is -1.45. The monoisotopic (exact) mass is 366 g/mol. The van der Waals surface area contributed by atoms with Crippen molar-refractivity contribution in [1.29, 1.82) is 0 Å². The number of benzene rings is 2. The Kier molecular flexibility index (Phi) is 4.12. The van der Waals surface area contributed by atoms with Crippen LogP contribution in [0.1, 0.15) is 30.5 Å². The van der Waals surface area contributed by atoms with Crippen LogP contribution in [0.5, 0.6) is 5.75 Å². The topological polar surface area (TPSA) is 81.8 Å². The molecule has 8 heteroatoms. The molecule has 0 amide bonds. The number of primary sulfonamides is 1. The Balaban J connectivity index is 2.17. The van der Waals surface area contributed by atoms with Crippen molar-refractivity contribution in [2.24, 2.45) is 10.1 Å². The first kappa shape index (κ1) is 17.5. The maximum Gasteiger partial charge on any atom is 0.213 e. The van der Waals surface area contributed by atoms with Crippen molar-refractivity contribution in [3.8, 4) is 5.75 Å². The summed E-state index contributed by atoms with van der Waals surface area (Å²) in [6.07, 6.45) is 0. The van der Waals surface area contributed by atoms with E-state index < -0.39 is 33.1 Å². The van der Waals surface area contributed by atoms with Crippen LogP contribution in [-0.2, 0) is 15.8 Å². The molecule has 132 valence electrons. The Hall–Kier alpha value is -2.32. The number of nitrogens with zero attached hydrogens (tertiary/aromatic N) is 1. The van der Waals surface area contributed by atoms with Crippen LogP contribution in [-0.4, -0.2) is 19.9 Å². The van der Waals surface area contributed by atoms with Crippen molar-refractivity contribution in [3.63, 3.8) is 0 Å². The van der Waals surface area contributed by atoms with Crippen LogP contribution in [0.25, 0.3) is 0 Å². The molecule has 5 nitrogen and oxygen atoms in total. The van der Waals surface area contributed by atoms with Crippen LogP contribution < -0.4 is 9.88 Å². The van der Waals surface area contributed by atoms with E-state index in [1.807, 2.05) is 0 Å². The summed E-state index contributed by atoms with van der Waals surface area (Å²) in [6.45, 7) is 3.37. The number of hydrogen-bond acceptors (Lipinski definition) is 4. The van der Waals surface area contributed by atoms with Gasteiger partial charge in [0.1, 0.15) is 17.4 Å². The van der Waals surface area contributed by atoms with Gasteiger partial charge in [0.05, 0.1) is 17.0 Å². The minimum atomic E-state index is -3.81. The van der Waals surface area contributed by atoms with E-state index in [4.69, 9.17) is 9.88 Å². The number of sulfonamides is 1. The third-order valence-electron chi connectivity index (χ3n) is 3.58. The molecular weight excluding hydrogens is 350 g/mol. The number of aliphatic imine (C=N–C) groups is 1. The molecule has 1 aliphatic rings. The quantitative estimate of drug-likeness (QED) is 0.907. The Morgan fingerprint density at radius 2 is 1.80 bits per heavy atom. The Bertz CT molecular complexity index is 968. The summed E-state index contributed by atoms with van der Waals surface area (Å²) < 4.78 is 56.1. The molecular formula is C17H16F2N2O3S. The molecule has 0 atom stereocenters. The number of halogens is 2. The Labute approximate surface area is 144 Å². The van der Waals surface area contributed by atoms with E-state index in [2.05, 4.69) is 4.99 Å². The highest BCUT2D eigenvalue weighted by molar-refractivity contribution is 7.88. The van der Waals surface area contributed by atoms with Crippen LogP contribution in [0.4, 0.5) is 8.78 Å². The molecule has 2 aromatic rings. The van der Waals surface area contributed by atoms with Crippen LogP contribution >= 0.6 is 0 Å². The molecule has 0 saturated heterocycles. The fourth-order valence-corrected chi connectivity index (χ4v) is 3.33. The van der Waals surface area contributed by atoms with Gasteiger partial charge in [0.25, 0.3) is 0 Å². The van der Waals surface area contributed by atoms with Gasteiger partial charge in [-0.1, -0.05) is 0 Å². The van der Waals surface area contributed by atoms with Crippen molar-refractivity contribution >= 4 is 15.7 Å². The average Bonchev–Trinajstić information content (AvgIpc) is 2.43. The number of hydrogen-bond donors (Lipinski definition) is 1. The first-order valence-corrected chi connectivity index (χ1v) is 9.14. The third-order valence-corrected chi connectivity index (χ3v) is 4.31. The number of rotatable bonds is 3. The Morgan fingerprint density at radius 3 is 2.40 bits per heavy atom. The van der Waals surface area contributed by atoms with E-state index in [1.54, 1.807) is 13.8 Å². The zero-order valence-electron chi connectivity index (χ0n) is 13.6. The van der Waals surface area contributed by atoms with Gasteiger partial charge in [0, 0.05) is 5.56 Å². The second-order valence-electron chi connectivity index (χ2n) is 6.27. The van der Waals surface area contributed by atoms with Gasteiger partial charge >= 0.3 is 0 Å². The minimum absolute atomic E-state index is 0.101. The van der Waals surface area contributed by atoms with E-state index in [1.165, 1.54) is 30.3 Å². The molecule has 2 aromatic carbocycles. The van der Waals surface area contributed by atoms with Crippen LogP contribution in [0.3, 0.4) is 0 Å². The number of ether oxygens (including phenoxy) is 1. The van der Waals surface area contributed by atoms with Gasteiger partial charge in [-0.15, -0.1) is 0 Å². The number of fused-ring (bicyclic) bond motifs is 1. The van der Waals surface area contributed by atoms with Gasteiger partial charge < -0.3 is 4.74 Å². The SMILES string of the molecule is CC1(C)N=C(c2ccc(F)cc2)c2c(F)cc(CS(N)(=O)=O)cc2O1. The van der Waals surface area contributed by atoms with Gasteiger partial charge in [-0.3, -0.25) is 0 Å². The van der Waals surface area contributed by atoms with Crippen LogP contribution in [0, 0.1) is 11.6 Å². The summed E-state index contributed by atoms with van der Waals surface area (Å²) in [7, 11) is -3.81. The van der Waals surface area contributed by atoms with Crippen LogP contribution in [0.2, 0.25) is 0 Å². The summed E-state index contributed by atoms with van der Waals surface area (Å²) in [5, 5.41) is 5.03. The molecule has 0 aliphatic carbocycles. The predicted octanol–water partition coefficient (Wildman–Crippen LogP) is 2.72. The lowest BCUT2D eigenvalue weighted by Crippen LogP contribution is -2.33. The molecule has 1 aliphatic heterocycles. The maximum atomic E-state index is 14.7. The summed E-state index contributed by atoms with van der Waals surface area (Å²) >= 11 is 0. The summed E-state index contributed by atoms with van der Waals surface area (Å²) in [5.41, 5.74) is 0.116. The molecule has 0 fully saturated rings. The lowest BCUT2D eigenvalue weighted by Gasteiger charge is -2.31. The summed E-state index contributed by atoms with van der Waals surface area (Å²) in [6, 6.07) is 8.03. The highest BCUT2D eigenvalue weighted by atomic mass is 32.2. The fraction of sp³-hybridized carbons (Fsp3) is 0.235. The van der Waals surface area contributed by atoms with E-state index >= 15 is 0 Å². The second-order valence-corrected chi connectivity index (χ2v) is 7.89. The molecule has 2 N–H and O–H groups in total. The number of nitrogens with two attached hydrogens (primary N) is 1. The average molecular weight is 366 g/mol. The maximum absolute atomic E-state index is 14.7. The van der Waals surface area contributed by atoms with Gasteiger partial charge in [-0.25, -0.2) is 27.3 Å². The van der Waals surface area contributed by atoms with Crippen molar-refractivity contribution in [2.45, 2.75) is 25.3 Å². The smallest absolute Gasteiger partial charge is 0.213 e. The van der Waals surface area contributed by atoms with Crippen LogP contribution in [0.15, 0.2) is 41.4 Å². The molecule has 0 saturated carbocycles. The van der Waals surface area contributed by atoms with Crippen molar-refractivity contribution in [3.05, 3.63) is 64.7 Å². The molecule has 3 rings (SSSR count). The molecule has 0 radical (unpaired) electrons. The molecule has 0 bridgehead atoms. The molecule has 0 unspecified atom stereocenters. The highest BCUT2D eigenvalue weighted by Gasteiger charge is 2.31. The van der Waals surface area contributed by atoms with E-state index in [9.17, 15) is 17.2 Å². The molecule has 25 heavy (non-hydrogen) atoms. The van der Waals surface area contributed by atoms with Gasteiger partial charge in [0.2, 0.25) is 10.0 Å². The normalized spacial score (nSPS) is 16.0. The third kappa shape index (κ3) is 3.85. The lowest BCUT2D eigenvalue weighted by atomic mass is 9.97. The zero-order valence-corrected chi connectivity index (χ0v) is 14.4. The largest absolute Gasteiger partial charge is 0.466 e. The van der Waals surface area contributed by atoms with E-state index in [0.29, 0.717) is 11.3 Å². The Morgan fingerprint density at radius 1 is 1.16 bits per heavy atom.